The fraction of sp³-hybridized carbons (Fsp3) is 0.238. The number of furan rings is 1. The zero-order chi connectivity index (χ0) is 19.6. The first-order valence-corrected chi connectivity index (χ1v) is 8.61. The normalized spacial score (nSPS) is 12.0. The van der Waals surface area contributed by atoms with Crippen LogP contribution in [0.4, 0.5) is 5.69 Å². The molecule has 2 aromatic carbocycles. The molecule has 0 radical (unpaired) electrons. The maximum Gasteiger partial charge on any atom is 0.311 e. The van der Waals surface area contributed by atoms with Crippen LogP contribution in [0.15, 0.2) is 47.1 Å². The van der Waals surface area contributed by atoms with Gasteiger partial charge in [0.2, 0.25) is 0 Å². The minimum atomic E-state index is -0.932. The first-order chi connectivity index (χ1) is 12.8. The second kappa shape index (κ2) is 7.53. The summed E-state index contributed by atoms with van der Waals surface area (Å²) in [6, 6.07) is 10.4. The van der Waals surface area contributed by atoms with Gasteiger partial charge >= 0.3 is 5.97 Å². The lowest BCUT2D eigenvalue weighted by Crippen LogP contribution is -2.31. The number of carbonyl (C=O) groups is 2. The van der Waals surface area contributed by atoms with Crippen molar-refractivity contribution in [2.45, 2.75) is 33.3 Å². The standard InChI is InChI=1S/C21H21NO5/c1-12-5-4-6-13(2)20(12)22-21(25)14(3)27-19(24)9-15-11-26-18-10-16(23)7-8-17(15)18/h4-8,10-11,14,23H,9H2,1-3H3,(H,22,25)/t14-/m0/s1. The van der Waals surface area contributed by atoms with Gasteiger partial charge in [0, 0.05) is 22.7 Å². The molecular formula is C21H21NO5. The van der Waals surface area contributed by atoms with E-state index in [0.29, 0.717) is 11.1 Å². The number of ether oxygens (including phenoxy) is 1. The van der Waals surface area contributed by atoms with Gasteiger partial charge in [-0.1, -0.05) is 18.2 Å². The molecule has 6 nitrogen and oxygen atoms in total. The average molecular weight is 367 g/mol. The van der Waals surface area contributed by atoms with Gasteiger partial charge in [0.1, 0.15) is 11.3 Å². The van der Waals surface area contributed by atoms with Crippen molar-refractivity contribution in [3.05, 3.63) is 59.4 Å². The van der Waals surface area contributed by atoms with Gasteiger partial charge < -0.3 is 19.6 Å². The summed E-state index contributed by atoms with van der Waals surface area (Å²) in [7, 11) is 0. The molecule has 0 unspecified atom stereocenters. The second-order valence-electron chi connectivity index (χ2n) is 6.51. The number of rotatable bonds is 5. The molecule has 0 spiro atoms. The van der Waals surface area contributed by atoms with Crippen molar-refractivity contribution < 1.29 is 23.8 Å². The van der Waals surface area contributed by atoms with Gasteiger partial charge in [0.05, 0.1) is 12.7 Å². The number of hydrogen-bond donors (Lipinski definition) is 2. The van der Waals surface area contributed by atoms with Gasteiger partial charge in [-0.3, -0.25) is 9.59 Å². The minimum absolute atomic E-state index is 0.0290. The van der Waals surface area contributed by atoms with Gasteiger partial charge in [-0.25, -0.2) is 0 Å². The SMILES string of the molecule is Cc1cccc(C)c1NC(=O)[C@H](C)OC(=O)Cc1coc2cc(O)ccc12. The molecule has 0 saturated heterocycles. The molecule has 3 aromatic rings. The molecule has 0 aliphatic carbocycles. The fourth-order valence-electron chi connectivity index (χ4n) is 2.89. The fourth-order valence-corrected chi connectivity index (χ4v) is 2.89. The number of phenolic OH excluding ortho intramolecular Hbond substituents is 1. The second-order valence-corrected chi connectivity index (χ2v) is 6.51. The van der Waals surface area contributed by atoms with Crippen LogP contribution in [0.3, 0.4) is 0 Å². The Bertz CT molecular complexity index is 985. The quantitative estimate of drug-likeness (QED) is 0.668. The van der Waals surface area contributed by atoms with Crippen LogP contribution in [0.1, 0.15) is 23.6 Å². The summed E-state index contributed by atoms with van der Waals surface area (Å²) in [6.45, 7) is 5.34. The third-order valence-electron chi connectivity index (χ3n) is 4.38. The van der Waals surface area contributed by atoms with Gasteiger partial charge in [0.25, 0.3) is 5.91 Å². The number of para-hydroxylation sites is 1. The third kappa shape index (κ3) is 4.11. The summed E-state index contributed by atoms with van der Waals surface area (Å²) in [5, 5.41) is 13.0. The van der Waals surface area contributed by atoms with Gasteiger partial charge in [-0.15, -0.1) is 0 Å². The first-order valence-electron chi connectivity index (χ1n) is 8.61. The van der Waals surface area contributed by atoms with Crippen LogP contribution in [0.5, 0.6) is 5.75 Å². The highest BCUT2D eigenvalue weighted by Gasteiger charge is 2.20. The van der Waals surface area contributed by atoms with E-state index in [1.807, 2.05) is 32.0 Å². The molecule has 1 aromatic heterocycles. The molecule has 27 heavy (non-hydrogen) atoms. The maximum absolute atomic E-state index is 12.4. The number of carbonyl (C=O) groups excluding carboxylic acids is 2. The van der Waals surface area contributed by atoms with Crippen LogP contribution >= 0.6 is 0 Å². The third-order valence-corrected chi connectivity index (χ3v) is 4.38. The summed E-state index contributed by atoms with van der Waals surface area (Å²) >= 11 is 0. The molecule has 1 atom stereocenters. The number of aromatic hydroxyl groups is 1. The highest BCUT2D eigenvalue weighted by molar-refractivity contribution is 5.96. The zero-order valence-electron chi connectivity index (χ0n) is 15.4. The number of amides is 1. The van der Waals surface area contributed by atoms with E-state index in [1.165, 1.54) is 25.3 Å². The molecule has 0 saturated carbocycles. The Morgan fingerprint density at radius 2 is 1.89 bits per heavy atom. The van der Waals surface area contributed by atoms with E-state index in [9.17, 15) is 14.7 Å². The largest absolute Gasteiger partial charge is 0.508 e. The predicted molar refractivity (Wildman–Crippen MR) is 102 cm³/mol. The smallest absolute Gasteiger partial charge is 0.311 e. The number of aryl methyl sites for hydroxylation is 2. The molecule has 2 N–H and O–H groups in total. The molecule has 0 aliphatic rings. The highest BCUT2D eigenvalue weighted by Crippen LogP contribution is 2.25. The van der Waals surface area contributed by atoms with Crippen molar-refractivity contribution in [3.63, 3.8) is 0 Å². The van der Waals surface area contributed by atoms with E-state index in [2.05, 4.69) is 5.32 Å². The monoisotopic (exact) mass is 367 g/mol. The first kappa shape index (κ1) is 18.5. The summed E-state index contributed by atoms with van der Waals surface area (Å²) in [6.07, 6.45) is 0.490. The topological polar surface area (TPSA) is 88.8 Å². The molecule has 0 bridgehead atoms. The molecular weight excluding hydrogens is 346 g/mol. The Labute approximate surface area is 156 Å². The van der Waals surface area contributed by atoms with E-state index in [0.717, 1.165) is 22.2 Å². The van der Waals surface area contributed by atoms with E-state index in [1.54, 1.807) is 6.07 Å². The van der Waals surface area contributed by atoms with E-state index >= 15 is 0 Å². The van der Waals surface area contributed by atoms with Gasteiger partial charge in [-0.05, 0) is 44.0 Å². The lowest BCUT2D eigenvalue weighted by Gasteiger charge is -2.16. The Balaban J connectivity index is 1.63. The molecule has 0 aliphatic heterocycles. The van der Waals surface area contributed by atoms with Crippen LogP contribution in [0.25, 0.3) is 11.0 Å². The zero-order valence-corrected chi connectivity index (χ0v) is 15.4. The predicted octanol–water partition coefficient (Wildman–Crippen LogP) is 3.87. The molecule has 0 fully saturated rings. The van der Waals surface area contributed by atoms with Crippen LogP contribution < -0.4 is 5.32 Å². The molecule has 3 rings (SSSR count). The Morgan fingerprint density at radius 1 is 1.19 bits per heavy atom. The molecule has 1 heterocycles. The number of benzene rings is 2. The van der Waals surface area contributed by atoms with Crippen molar-refractivity contribution in [1.29, 1.82) is 0 Å². The molecule has 140 valence electrons. The molecule has 6 heteroatoms. The Kier molecular flexibility index (Phi) is 5.16. The number of nitrogens with one attached hydrogen (secondary N) is 1. The van der Waals surface area contributed by atoms with Crippen LogP contribution in [-0.4, -0.2) is 23.1 Å². The minimum Gasteiger partial charge on any atom is -0.508 e. The summed E-state index contributed by atoms with van der Waals surface area (Å²) in [5.74, 6) is -0.833. The highest BCUT2D eigenvalue weighted by atomic mass is 16.5. The summed E-state index contributed by atoms with van der Waals surface area (Å²) in [5.41, 5.74) is 3.73. The van der Waals surface area contributed by atoms with Crippen molar-refractivity contribution in [2.75, 3.05) is 5.32 Å². The Morgan fingerprint density at radius 3 is 2.59 bits per heavy atom. The maximum atomic E-state index is 12.4. The number of anilines is 1. The number of hydrogen-bond acceptors (Lipinski definition) is 5. The van der Waals surface area contributed by atoms with Crippen molar-refractivity contribution in [3.8, 4) is 5.75 Å². The lowest BCUT2D eigenvalue weighted by atomic mass is 10.1. The van der Waals surface area contributed by atoms with E-state index in [4.69, 9.17) is 9.15 Å². The average Bonchev–Trinajstić information content (AvgIpc) is 2.99. The summed E-state index contributed by atoms with van der Waals surface area (Å²) < 4.78 is 10.6. The molecule has 1 amide bonds. The van der Waals surface area contributed by atoms with Crippen LogP contribution in [-0.2, 0) is 20.7 Å². The Hall–Kier alpha value is -3.28. The van der Waals surface area contributed by atoms with E-state index < -0.39 is 12.1 Å². The van der Waals surface area contributed by atoms with Gasteiger partial charge in [-0.2, -0.15) is 0 Å². The van der Waals surface area contributed by atoms with Crippen molar-refractivity contribution in [2.24, 2.45) is 0 Å². The van der Waals surface area contributed by atoms with Gasteiger partial charge in [0.15, 0.2) is 6.10 Å². The summed E-state index contributed by atoms with van der Waals surface area (Å²) in [4.78, 5) is 24.6. The van der Waals surface area contributed by atoms with Crippen LogP contribution in [0, 0.1) is 13.8 Å². The number of phenols is 1. The lowest BCUT2D eigenvalue weighted by molar-refractivity contribution is -0.152. The van der Waals surface area contributed by atoms with E-state index in [-0.39, 0.29) is 18.1 Å². The number of esters is 1. The number of fused-ring (bicyclic) bond motifs is 1. The van der Waals surface area contributed by atoms with Crippen molar-refractivity contribution in [1.82, 2.24) is 0 Å². The van der Waals surface area contributed by atoms with Crippen LogP contribution in [0.2, 0.25) is 0 Å². The van der Waals surface area contributed by atoms with Crippen molar-refractivity contribution >= 4 is 28.5 Å².